The van der Waals surface area contributed by atoms with Crippen LogP contribution in [0, 0.1) is 0 Å². The summed E-state index contributed by atoms with van der Waals surface area (Å²) in [6.45, 7) is 0.130. The first-order valence-corrected chi connectivity index (χ1v) is 7.77. The van der Waals surface area contributed by atoms with Gasteiger partial charge >= 0.3 is 5.97 Å². The molecule has 114 valence electrons. The van der Waals surface area contributed by atoms with Crippen LogP contribution >= 0.6 is 15.9 Å². The van der Waals surface area contributed by atoms with Crippen molar-refractivity contribution < 1.29 is 18.3 Å². The van der Waals surface area contributed by atoms with Crippen molar-refractivity contribution in [1.29, 1.82) is 0 Å². The smallest absolute Gasteiger partial charge is 0.358 e. The van der Waals surface area contributed by atoms with E-state index >= 15 is 0 Å². The minimum absolute atomic E-state index is 0.00235. The van der Waals surface area contributed by atoms with Crippen LogP contribution in [0.25, 0.3) is 0 Å². The summed E-state index contributed by atoms with van der Waals surface area (Å²) in [6, 6.07) is 0. The summed E-state index contributed by atoms with van der Waals surface area (Å²) < 4.78 is 28.9. The molecule has 2 rings (SSSR count). The van der Waals surface area contributed by atoms with Gasteiger partial charge in [0.25, 0.3) is 10.0 Å². The van der Waals surface area contributed by atoms with Crippen molar-refractivity contribution in [3.8, 4) is 0 Å². The fourth-order valence-electron chi connectivity index (χ4n) is 1.48. The molecule has 2 N–H and O–H groups in total. The molecule has 2 aromatic rings. The van der Waals surface area contributed by atoms with Crippen LogP contribution in [0.3, 0.4) is 0 Å². The lowest BCUT2D eigenvalue weighted by Crippen LogP contribution is -2.29. The number of rotatable bonds is 6. The average Bonchev–Trinajstić information content (AvgIpc) is 2.96. The number of nitrogens with zero attached hydrogens (tertiary/aromatic N) is 6. The predicted molar refractivity (Wildman–Crippen MR) is 70.9 cm³/mol. The van der Waals surface area contributed by atoms with E-state index in [1.807, 2.05) is 0 Å². The van der Waals surface area contributed by atoms with E-state index in [1.165, 1.54) is 17.9 Å². The molecule has 0 aliphatic heterocycles. The lowest BCUT2D eigenvalue weighted by atomic mass is 10.5. The highest BCUT2D eigenvalue weighted by molar-refractivity contribution is 9.10. The van der Waals surface area contributed by atoms with Gasteiger partial charge in [-0.1, -0.05) is 10.4 Å². The number of aromatic carboxylic acids is 1. The highest BCUT2D eigenvalue weighted by Gasteiger charge is 2.23. The lowest BCUT2D eigenvalue weighted by Gasteiger charge is -2.06. The molecule has 11 nitrogen and oxygen atoms in total. The normalized spacial score (nSPS) is 11.7. The van der Waals surface area contributed by atoms with Gasteiger partial charge in [-0.25, -0.2) is 22.6 Å². The Morgan fingerprint density at radius 1 is 1.43 bits per heavy atom. The molecule has 13 heteroatoms. The largest absolute Gasteiger partial charge is 0.476 e. The number of hydrogen-bond acceptors (Lipinski definition) is 7. The van der Waals surface area contributed by atoms with Gasteiger partial charge in [0.15, 0.2) is 10.3 Å². The van der Waals surface area contributed by atoms with Crippen LogP contribution in [-0.4, -0.2) is 56.0 Å². The maximum absolute atomic E-state index is 12.1. The van der Waals surface area contributed by atoms with Gasteiger partial charge in [-0.2, -0.15) is 0 Å². The van der Waals surface area contributed by atoms with Crippen molar-refractivity contribution in [2.24, 2.45) is 7.05 Å². The third-order valence-electron chi connectivity index (χ3n) is 2.38. The van der Waals surface area contributed by atoms with Crippen molar-refractivity contribution >= 4 is 31.9 Å². The van der Waals surface area contributed by atoms with Crippen molar-refractivity contribution in [1.82, 2.24) is 34.7 Å². The van der Waals surface area contributed by atoms with Gasteiger partial charge < -0.3 is 5.11 Å². The number of aromatic nitrogens is 6. The van der Waals surface area contributed by atoms with Gasteiger partial charge in [-0.05, 0) is 15.9 Å². The Labute approximate surface area is 127 Å². The number of halogens is 1. The molecule has 0 aliphatic carbocycles. The summed E-state index contributed by atoms with van der Waals surface area (Å²) in [5, 5.41) is 22.7. The first kappa shape index (κ1) is 15.5. The van der Waals surface area contributed by atoms with E-state index < -0.39 is 16.0 Å². The minimum atomic E-state index is -3.79. The summed E-state index contributed by atoms with van der Waals surface area (Å²) >= 11 is 3.00. The molecule has 0 atom stereocenters. The molecule has 0 bridgehead atoms. The molecule has 0 saturated heterocycles. The third kappa shape index (κ3) is 3.43. The van der Waals surface area contributed by atoms with Crippen LogP contribution in [0.2, 0.25) is 0 Å². The molecule has 0 spiro atoms. The Morgan fingerprint density at radius 3 is 2.67 bits per heavy atom. The molecular formula is C8H10BrN7O4S. The van der Waals surface area contributed by atoms with Gasteiger partial charge in [0, 0.05) is 13.6 Å². The lowest BCUT2D eigenvalue weighted by molar-refractivity contribution is 0.0690. The first-order chi connectivity index (χ1) is 9.81. The van der Waals surface area contributed by atoms with Crippen LogP contribution in [0.15, 0.2) is 15.8 Å². The van der Waals surface area contributed by atoms with Crippen molar-refractivity contribution in [3.05, 3.63) is 16.5 Å². The quantitative estimate of drug-likeness (QED) is 0.639. The van der Waals surface area contributed by atoms with Crippen LogP contribution in [0.5, 0.6) is 0 Å². The van der Waals surface area contributed by atoms with Gasteiger partial charge in [-0.3, -0.25) is 4.68 Å². The van der Waals surface area contributed by atoms with E-state index in [0.29, 0.717) is 0 Å². The number of sulfonamides is 1. The molecule has 2 heterocycles. The highest BCUT2D eigenvalue weighted by Crippen LogP contribution is 2.17. The zero-order chi connectivity index (χ0) is 15.6. The van der Waals surface area contributed by atoms with E-state index in [0.717, 1.165) is 4.68 Å². The van der Waals surface area contributed by atoms with Crippen LogP contribution in [0.1, 0.15) is 10.5 Å². The number of nitrogens with one attached hydrogen (secondary N) is 1. The van der Waals surface area contributed by atoms with Crippen molar-refractivity contribution in [3.63, 3.8) is 0 Å². The Kier molecular flexibility index (Phi) is 4.34. The summed E-state index contributed by atoms with van der Waals surface area (Å²) in [5.74, 6) is -1.20. The number of carbonyl (C=O) groups is 1. The molecule has 0 saturated carbocycles. The first-order valence-electron chi connectivity index (χ1n) is 5.49. The summed E-state index contributed by atoms with van der Waals surface area (Å²) in [4.78, 5) is 10.6. The Morgan fingerprint density at radius 2 is 2.14 bits per heavy atom. The van der Waals surface area contributed by atoms with Crippen LogP contribution in [0.4, 0.5) is 0 Å². The molecule has 0 amide bonds. The second-order valence-electron chi connectivity index (χ2n) is 3.88. The molecule has 0 fully saturated rings. The van der Waals surface area contributed by atoms with Crippen LogP contribution < -0.4 is 4.72 Å². The van der Waals surface area contributed by atoms with Gasteiger partial charge in [0.05, 0.1) is 12.7 Å². The predicted octanol–water partition coefficient (Wildman–Crippen LogP) is -1.15. The molecule has 21 heavy (non-hydrogen) atoms. The van der Waals surface area contributed by atoms with Gasteiger partial charge in [-0.15, -0.1) is 10.2 Å². The molecule has 2 aromatic heterocycles. The van der Waals surface area contributed by atoms with Crippen molar-refractivity contribution in [2.75, 3.05) is 6.54 Å². The SMILES string of the molecule is Cn1nnc(Br)c1S(=O)(=O)NCCn1cc(C(=O)O)nn1. The molecule has 0 aliphatic rings. The summed E-state index contributed by atoms with van der Waals surface area (Å²) in [6.07, 6.45) is 1.21. The number of hydrogen-bond donors (Lipinski definition) is 2. The van der Waals surface area contributed by atoms with E-state index in [4.69, 9.17) is 5.11 Å². The fraction of sp³-hybridized carbons (Fsp3) is 0.375. The Balaban J connectivity index is 2.01. The van der Waals surface area contributed by atoms with E-state index in [9.17, 15) is 13.2 Å². The molecule has 0 radical (unpaired) electrons. The van der Waals surface area contributed by atoms with E-state index in [2.05, 4.69) is 41.3 Å². The van der Waals surface area contributed by atoms with Crippen LogP contribution in [-0.2, 0) is 23.6 Å². The topological polar surface area (TPSA) is 145 Å². The second-order valence-corrected chi connectivity index (χ2v) is 6.31. The highest BCUT2D eigenvalue weighted by atomic mass is 79.9. The average molecular weight is 380 g/mol. The van der Waals surface area contributed by atoms with E-state index in [-0.39, 0.29) is 28.4 Å². The number of aryl methyl sites for hydroxylation is 1. The fourth-order valence-corrected chi connectivity index (χ4v) is 3.59. The summed E-state index contributed by atoms with van der Waals surface area (Å²) in [7, 11) is -2.35. The monoisotopic (exact) mass is 379 g/mol. The molecular weight excluding hydrogens is 370 g/mol. The third-order valence-corrected chi connectivity index (χ3v) is 4.73. The zero-order valence-corrected chi connectivity index (χ0v) is 13.0. The number of carboxylic acid groups (broad SMARTS) is 1. The maximum Gasteiger partial charge on any atom is 0.358 e. The van der Waals surface area contributed by atoms with Gasteiger partial charge in [0.2, 0.25) is 5.03 Å². The van der Waals surface area contributed by atoms with Gasteiger partial charge in [0.1, 0.15) is 0 Å². The Bertz CT molecular complexity index is 748. The molecule has 0 unspecified atom stereocenters. The second kappa shape index (κ2) is 5.87. The minimum Gasteiger partial charge on any atom is -0.476 e. The zero-order valence-electron chi connectivity index (χ0n) is 10.6. The maximum atomic E-state index is 12.1. The molecule has 0 aromatic carbocycles. The number of carboxylic acids is 1. The van der Waals surface area contributed by atoms with E-state index in [1.54, 1.807) is 0 Å². The standard InChI is InChI=1S/C8H10BrN7O4S/c1-15-7(6(9)12-13-15)21(19,20)10-2-3-16-4-5(8(17)18)11-14-16/h4,10H,2-3H2,1H3,(H,17,18). The summed E-state index contributed by atoms with van der Waals surface area (Å²) in [5.41, 5.74) is -0.212. The Hall–Kier alpha value is -1.86. The van der Waals surface area contributed by atoms with Crippen molar-refractivity contribution in [2.45, 2.75) is 11.6 Å².